The molecule has 2 rings (SSSR count). The Morgan fingerprint density at radius 1 is 1.29 bits per heavy atom. The van der Waals surface area contributed by atoms with E-state index in [1.807, 2.05) is 19.9 Å². The maximum atomic E-state index is 5.71. The van der Waals surface area contributed by atoms with E-state index in [0.29, 0.717) is 0 Å². The number of nitrogen functional groups attached to an aromatic ring is 1. The number of anilines is 2. The maximum absolute atomic E-state index is 5.71. The second kappa shape index (κ2) is 4.89. The predicted molar refractivity (Wildman–Crippen MR) is 63.8 cm³/mol. The minimum Gasteiger partial charge on any atom is -0.399 e. The standard InChI is InChI=1S/C10H14N2.C2H6/c1-12-6-2-3-8-7-9(11)4-5-10(8)12;1-2/h4-5,7H,2-3,6,11H2,1H3;1-2H3. The summed E-state index contributed by atoms with van der Waals surface area (Å²) in [4.78, 5) is 2.29. The molecule has 2 N–H and O–H groups in total. The fourth-order valence-electron chi connectivity index (χ4n) is 1.81. The summed E-state index contributed by atoms with van der Waals surface area (Å²) in [6.45, 7) is 5.16. The van der Waals surface area contributed by atoms with Gasteiger partial charge in [-0.25, -0.2) is 0 Å². The van der Waals surface area contributed by atoms with E-state index in [0.717, 1.165) is 12.2 Å². The van der Waals surface area contributed by atoms with Crippen LogP contribution in [0.2, 0.25) is 0 Å². The van der Waals surface area contributed by atoms with Gasteiger partial charge in [0, 0.05) is 25.0 Å². The molecule has 0 amide bonds. The molecule has 0 radical (unpaired) electrons. The summed E-state index contributed by atoms with van der Waals surface area (Å²) in [7, 11) is 2.13. The largest absolute Gasteiger partial charge is 0.399 e. The van der Waals surface area contributed by atoms with Crippen LogP contribution < -0.4 is 10.6 Å². The van der Waals surface area contributed by atoms with Gasteiger partial charge in [0.15, 0.2) is 0 Å². The number of fused-ring (bicyclic) bond motifs is 1. The van der Waals surface area contributed by atoms with Crippen LogP contribution in [0.15, 0.2) is 18.2 Å². The van der Waals surface area contributed by atoms with Crippen LogP contribution in [0.3, 0.4) is 0 Å². The van der Waals surface area contributed by atoms with E-state index in [4.69, 9.17) is 5.73 Å². The van der Waals surface area contributed by atoms with Gasteiger partial charge < -0.3 is 10.6 Å². The molecule has 2 nitrogen and oxygen atoms in total. The fraction of sp³-hybridized carbons (Fsp3) is 0.500. The Morgan fingerprint density at radius 2 is 2.00 bits per heavy atom. The van der Waals surface area contributed by atoms with Crippen molar-refractivity contribution in [3.8, 4) is 0 Å². The molecule has 0 aliphatic carbocycles. The summed E-state index contributed by atoms with van der Waals surface area (Å²) in [5.41, 5.74) is 9.32. The molecule has 1 aromatic carbocycles. The van der Waals surface area contributed by atoms with Crippen molar-refractivity contribution >= 4 is 11.4 Å². The highest BCUT2D eigenvalue weighted by Gasteiger charge is 2.12. The van der Waals surface area contributed by atoms with Gasteiger partial charge in [0.25, 0.3) is 0 Å². The molecule has 0 aromatic heterocycles. The van der Waals surface area contributed by atoms with Crippen molar-refractivity contribution in [2.24, 2.45) is 0 Å². The van der Waals surface area contributed by atoms with Gasteiger partial charge >= 0.3 is 0 Å². The van der Waals surface area contributed by atoms with Crippen molar-refractivity contribution in [3.05, 3.63) is 23.8 Å². The van der Waals surface area contributed by atoms with Crippen LogP contribution >= 0.6 is 0 Å². The zero-order valence-corrected chi connectivity index (χ0v) is 9.38. The molecule has 1 aromatic rings. The van der Waals surface area contributed by atoms with Crippen LogP contribution in [-0.2, 0) is 6.42 Å². The lowest BCUT2D eigenvalue weighted by molar-refractivity contribution is 0.745. The summed E-state index contributed by atoms with van der Waals surface area (Å²) in [6.07, 6.45) is 2.41. The van der Waals surface area contributed by atoms with Crippen LogP contribution in [0.25, 0.3) is 0 Å². The molecule has 78 valence electrons. The molecule has 1 aliphatic rings. The molecule has 1 aliphatic heterocycles. The highest BCUT2D eigenvalue weighted by Crippen LogP contribution is 2.27. The Hall–Kier alpha value is -1.18. The molecular weight excluding hydrogens is 172 g/mol. The van der Waals surface area contributed by atoms with E-state index in [1.54, 1.807) is 0 Å². The van der Waals surface area contributed by atoms with Gasteiger partial charge in [0.05, 0.1) is 0 Å². The Kier molecular flexibility index (Phi) is 3.81. The third kappa shape index (κ3) is 2.19. The zero-order valence-electron chi connectivity index (χ0n) is 9.38. The molecule has 2 heteroatoms. The van der Waals surface area contributed by atoms with Crippen LogP contribution in [0, 0.1) is 0 Å². The smallest absolute Gasteiger partial charge is 0.0397 e. The molecule has 14 heavy (non-hydrogen) atoms. The van der Waals surface area contributed by atoms with E-state index in [2.05, 4.69) is 24.1 Å². The van der Waals surface area contributed by atoms with Crippen LogP contribution in [0.4, 0.5) is 11.4 Å². The molecule has 0 saturated carbocycles. The van der Waals surface area contributed by atoms with Crippen molar-refractivity contribution in [1.82, 2.24) is 0 Å². The minimum absolute atomic E-state index is 0.879. The van der Waals surface area contributed by atoms with E-state index >= 15 is 0 Å². The first-order valence-corrected chi connectivity index (χ1v) is 5.37. The van der Waals surface area contributed by atoms with E-state index in [-0.39, 0.29) is 0 Å². The number of benzene rings is 1. The van der Waals surface area contributed by atoms with Gasteiger partial charge in [-0.15, -0.1) is 0 Å². The number of nitrogens with zero attached hydrogens (tertiary/aromatic N) is 1. The summed E-state index contributed by atoms with van der Waals surface area (Å²) in [6, 6.07) is 6.18. The summed E-state index contributed by atoms with van der Waals surface area (Å²) < 4.78 is 0. The lowest BCUT2D eigenvalue weighted by Crippen LogP contribution is -2.24. The Balaban J connectivity index is 0.000000461. The lowest BCUT2D eigenvalue weighted by atomic mass is 10.0. The fourth-order valence-corrected chi connectivity index (χ4v) is 1.81. The average molecular weight is 192 g/mol. The minimum atomic E-state index is 0.879. The zero-order chi connectivity index (χ0) is 10.6. The van der Waals surface area contributed by atoms with Gasteiger partial charge in [-0.1, -0.05) is 13.8 Å². The Morgan fingerprint density at radius 3 is 2.71 bits per heavy atom. The van der Waals surface area contributed by atoms with Gasteiger partial charge in [-0.05, 0) is 36.6 Å². The SMILES string of the molecule is CC.CN1CCCc2cc(N)ccc21. The molecule has 1 heterocycles. The van der Waals surface area contributed by atoms with Gasteiger partial charge in [0.1, 0.15) is 0 Å². The highest BCUT2D eigenvalue weighted by molar-refractivity contribution is 5.60. The van der Waals surface area contributed by atoms with Crippen molar-refractivity contribution in [2.75, 3.05) is 24.2 Å². The number of hydrogen-bond donors (Lipinski definition) is 1. The number of hydrogen-bond acceptors (Lipinski definition) is 2. The third-order valence-corrected chi connectivity index (χ3v) is 2.45. The maximum Gasteiger partial charge on any atom is 0.0397 e. The molecule has 0 unspecified atom stereocenters. The molecule has 0 spiro atoms. The van der Waals surface area contributed by atoms with Crippen LogP contribution in [-0.4, -0.2) is 13.6 Å². The second-order valence-corrected chi connectivity index (χ2v) is 3.41. The van der Waals surface area contributed by atoms with Gasteiger partial charge in [-0.3, -0.25) is 0 Å². The summed E-state index contributed by atoms with van der Waals surface area (Å²) in [5.74, 6) is 0. The monoisotopic (exact) mass is 192 g/mol. The molecule has 0 saturated heterocycles. The van der Waals surface area contributed by atoms with Crippen LogP contribution in [0.1, 0.15) is 25.8 Å². The van der Waals surface area contributed by atoms with Gasteiger partial charge in [-0.2, -0.15) is 0 Å². The Bertz CT molecular complexity index is 294. The van der Waals surface area contributed by atoms with Crippen molar-refractivity contribution in [3.63, 3.8) is 0 Å². The van der Waals surface area contributed by atoms with Crippen LogP contribution in [0.5, 0.6) is 0 Å². The molecular formula is C12H20N2. The normalized spacial score (nSPS) is 14.1. The number of rotatable bonds is 0. The highest BCUT2D eigenvalue weighted by atomic mass is 15.1. The topological polar surface area (TPSA) is 29.3 Å². The predicted octanol–water partition coefficient (Wildman–Crippen LogP) is 2.68. The van der Waals surface area contributed by atoms with Crippen molar-refractivity contribution in [1.29, 1.82) is 0 Å². The van der Waals surface area contributed by atoms with Gasteiger partial charge in [0.2, 0.25) is 0 Å². The number of nitrogens with two attached hydrogens (primary N) is 1. The van der Waals surface area contributed by atoms with Crippen molar-refractivity contribution < 1.29 is 0 Å². The average Bonchev–Trinajstić information content (AvgIpc) is 2.21. The van der Waals surface area contributed by atoms with Crippen molar-refractivity contribution in [2.45, 2.75) is 26.7 Å². The van der Waals surface area contributed by atoms with E-state index in [1.165, 1.54) is 24.1 Å². The first-order chi connectivity index (χ1) is 6.77. The van der Waals surface area contributed by atoms with E-state index < -0.39 is 0 Å². The third-order valence-electron chi connectivity index (χ3n) is 2.45. The summed E-state index contributed by atoms with van der Waals surface area (Å²) >= 11 is 0. The Labute approximate surface area is 86.7 Å². The second-order valence-electron chi connectivity index (χ2n) is 3.41. The van der Waals surface area contributed by atoms with E-state index in [9.17, 15) is 0 Å². The lowest BCUT2D eigenvalue weighted by Gasteiger charge is -2.27. The quantitative estimate of drug-likeness (QED) is 0.640. The molecule has 0 bridgehead atoms. The first-order valence-electron chi connectivity index (χ1n) is 5.37. The molecule has 0 atom stereocenters. The molecule has 0 fully saturated rings. The summed E-state index contributed by atoms with van der Waals surface area (Å²) in [5, 5.41) is 0. The first kappa shape index (κ1) is 10.9. The number of aryl methyl sites for hydroxylation is 1.